The van der Waals surface area contributed by atoms with Crippen LogP contribution in [-0.2, 0) is 19.0 Å². The first-order valence-corrected chi connectivity index (χ1v) is 11.9. The molecule has 44 heavy (non-hydrogen) atoms. The zero-order valence-electron chi connectivity index (χ0n) is 28.1. The minimum atomic E-state index is -3.28. The lowest BCUT2D eigenvalue weighted by molar-refractivity contribution is -0.169. The molecule has 2 aliphatic heterocycles. The molecule has 4 aromatic heterocycles. The Morgan fingerprint density at radius 3 is 1.98 bits per heavy atom. The molecular weight excluding hydrogens is 590 g/mol. The summed E-state index contributed by atoms with van der Waals surface area (Å²) in [7, 11) is 1.01. The van der Waals surface area contributed by atoms with Gasteiger partial charge in [0.15, 0.2) is 39.6 Å². The van der Waals surface area contributed by atoms with Crippen molar-refractivity contribution in [3.8, 4) is 24.7 Å². The maximum Gasteiger partial charge on any atom is 0.353 e. The fourth-order valence-corrected chi connectivity index (χ4v) is 4.21. The van der Waals surface area contributed by atoms with Gasteiger partial charge in [-0.25, -0.2) is 14.8 Å². The van der Waals surface area contributed by atoms with Crippen molar-refractivity contribution in [1.29, 1.82) is 0 Å². The third-order valence-corrected chi connectivity index (χ3v) is 6.40. The normalized spacial score (nSPS) is 32.5. The van der Waals surface area contributed by atoms with Gasteiger partial charge in [-0.3, -0.25) is 9.13 Å². The molecule has 0 spiro atoms. The summed E-state index contributed by atoms with van der Waals surface area (Å²) in [4.78, 5) is 33.3. The fourth-order valence-electron chi connectivity index (χ4n) is 4.21. The standard InChI is InChI=1S/C13H12FN5O4.C12H12FN5O3/c1-3-13(11(21)22-2)6(20)4-7(23-13)19-5-16-8-9(15)17-12(14)18-10(8)19;1-2-12(4-19)6(20)3-7(21-12)18-5-15-8-9(14)16-11(13)17-10(8)18/h1,5-7,20H,4H2,2H3,(H2,15,17,18);1,5-7,19-20H,3-4H2,(H2,14,16,17)/t6-,7+,13-;6-,7+,12+/m00/s1/i4D2;3D2,4D2. The van der Waals surface area contributed by atoms with Gasteiger partial charge in [-0.15, -0.1) is 12.8 Å². The first-order chi connectivity index (χ1) is 23.1. The number of nitrogens with zero attached hydrogens (tertiary/aromatic N) is 8. The monoisotopic (exact) mass is 620 g/mol. The van der Waals surface area contributed by atoms with Gasteiger partial charge in [0.25, 0.3) is 5.60 Å². The fraction of sp³-hybridized carbons (Fsp3) is 0.400. The second-order valence-electron chi connectivity index (χ2n) is 8.85. The Balaban J connectivity index is 0.000000194. The van der Waals surface area contributed by atoms with Crippen molar-refractivity contribution in [2.24, 2.45) is 0 Å². The number of terminal acetylenes is 2. The smallest absolute Gasteiger partial charge is 0.353 e. The van der Waals surface area contributed by atoms with Gasteiger partial charge >= 0.3 is 18.1 Å². The van der Waals surface area contributed by atoms with Crippen LogP contribution in [0.4, 0.5) is 20.4 Å². The van der Waals surface area contributed by atoms with Crippen molar-refractivity contribution < 1.29 is 51.3 Å². The van der Waals surface area contributed by atoms with E-state index in [1.807, 2.05) is 5.92 Å². The van der Waals surface area contributed by atoms with Crippen molar-refractivity contribution in [1.82, 2.24) is 39.0 Å². The van der Waals surface area contributed by atoms with Crippen LogP contribution in [0.1, 0.15) is 33.4 Å². The molecule has 0 bridgehead atoms. The molecule has 19 heteroatoms. The number of hydrogen-bond acceptors (Lipinski definition) is 15. The van der Waals surface area contributed by atoms with Gasteiger partial charge in [-0.1, -0.05) is 11.8 Å². The van der Waals surface area contributed by atoms with Gasteiger partial charge < -0.3 is 41.0 Å². The van der Waals surface area contributed by atoms with Crippen LogP contribution in [0.3, 0.4) is 0 Å². The third kappa shape index (κ3) is 4.78. The lowest BCUT2D eigenvalue weighted by Crippen LogP contribution is -2.46. The van der Waals surface area contributed by atoms with E-state index >= 15 is 0 Å². The molecule has 0 amide bonds. The van der Waals surface area contributed by atoms with E-state index in [1.165, 1.54) is 0 Å². The molecule has 2 fully saturated rings. The molecule has 0 aromatic carbocycles. The van der Waals surface area contributed by atoms with E-state index in [4.69, 9.17) is 42.0 Å². The van der Waals surface area contributed by atoms with Crippen LogP contribution >= 0.6 is 0 Å². The minimum Gasteiger partial charge on any atom is -0.466 e. The van der Waals surface area contributed by atoms with Gasteiger partial charge in [0, 0.05) is 18.2 Å². The summed E-state index contributed by atoms with van der Waals surface area (Å²) in [6.45, 7) is -3.28. The van der Waals surface area contributed by atoms with E-state index in [-0.39, 0.29) is 34.0 Å². The van der Waals surface area contributed by atoms with Crippen LogP contribution in [0.25, 0.3) is 22.3 Å². The minimum absolute atomic E-state index is 0.00781. The summed E-state index contributed by atoms with van der Waals surface area (Å²) >= 11 is 0. The Labute approximate surface area is 254 Å². The van der Waals surface area contributed by atoms with Gasteiger partial charge in [0.1, 0.15) is 24.7 Å². The number of carbonyl (C=O) groups excluding carboxylic acids is 1. The molecule has 6 atom stereocenters. The average molecular weight is 621 g/mol. The van der Waals surface area contributed by atoms with Crippen LogP contribution < -0.4 is 11.5 Å². The van der Waals surface area contributed by atoms with Crippen LogP contribution in [0.5, 0.6) is 0 Å². The number of methoxy groups -OCH3 is 1. The Morgan fingerprint density at radius 1 is 1.05 bits per heavy atom. The number of halogens is 2. The number of aliphatic hydroxyl groups excluding tert-OH is 2. The highest BCUT2D eigenvalue weighted by Crippen LogP contribution is 2.39. The van der Waals surface area contributed by atoms with Crippen LogP contribution in [0.15, 0.2) is 12.7 Å². The Hall–Kier alpha value is -5.05. The Morgan fingerprint density at radius 2 is 1.55 bits per heavy atom. The van der Waals surface area contributed by atoms with Gasteiger partial charge in [0.2, 0.25) is 0 Å². The quantitative estimate of drug-likeness (QED) is 0.0997. The molecule has 6 rings (SSSR count). The van der Waals surface area contributed by atoms with E-state index in [0.717, 1.165) is 28.9 Å². The predicted molar refractivity (Wildman–Crippen MR) is 143 cm³/mol. The second-order valence-corrected chi connectivity index (χ2v) is 8.85. The van der Waals surface area contributed by atoms with Crippen molar-refractivity contribution in [3.05, 3.63) is 24.8 Å². The van der Waals surface area contributed by atoms with Crippen LogP contribution in [0, 0.1) is 36.8 Å². The molecule has 2 aliphatic rings. The van der Waals surface area contributed by atoms with Crippen LogP contribution in [0.2, 0.25) is 0 Å². The summed E-state index contributed by atoms with van der Waals surface area (Å²) in [5, 5.41) is 30.3. The number of hydrogen-bond donors (Lipinski definition) is 5. The van der Waals surface area contributed by atoms with Crippen molar-refractivity contribution >= 4 is 39.9 Å². The summed E-state index contributed by atoms with van der Waals surface area (Å²) in [5.41, 5.74) is 5.47. The molecule has 230 valence electrons. The first-order valence-electron chi connectivity index (χ1n) is 14.9. The topological polar surface area (TPSA) is 245 Å². The van der Waals surface area contributed by atoms with E-state index in [0.29, 0.717) is 0 Å². The first kappa shape index (κ1) is 23.4. The third-order valence-electron chi connectivity index (χ3n) is 6.40. The summed E-state index contributed by atoms with van der Waals surface area (Å²) in [6, 6.07) is 0. The molecule has 7 N–H and O–H groups in total. The zero-order valence-corrected chi connectivity index (χ0v) is 22.1. The number of ether oxygens (including phenoxy) is 3. The highest BCUT2D eigenvalue weighted by molar-refractivity contribution is 5.85. The number of anilines is 2. The largest absolute Gasteiger partial charge is 0.466 e. The Bertz CT molecular complexity index is 2100. The Kier molecular flexibility index (Phi) is 5.97. The second kappa shape index (κ2) is 11.2. The predicted octanol–water partition coefficient (Wildman–Crippen LogP) is -1.44. The lowest BCUT2D eigenvalue weighted by Gasteiger charge is -2.23. The summed E-state index contributed by atoms with van der Waals surface area (Å²) in [5.74, 6) is 2.00. The maximum atomic E-state index is 13.5. The molecular formula is C25H24F2N10O7. The number of nitrogens with two attached hydrogens (primary N) is 2. The number of carbonyl (C=O) groups is 1. The molecule has 17 nitrogen and oxygen atoms in total. The van der Waals surface area contributed by atoms with E-state index in [2.05, 4.69) is 34.6 Å². The lowest BCUT2D eigenvalue weighted by atomic mass is 9.98. The van der Waals surface area contributed by atoms with Crippen molar-refractivity contribution in [2.45, 2.75) is 48.6 Å². The highest BCUT2D eigenvalue weighted by Gasteiger charge is 2.55. The van der Waals surface area contributed by atoms with Crippen molar-refractivity contribution in [3.63, 3.8) is 0 Å². The molecule has 0 radical (unpaired) electrons. The molecule has 4 aromatic rings. The average Bonchev–Trinajstić information content (AvgIpc) is 3.74. The van der Waals surface area contributed by atoms with Gasteiger partial charge in [0.05, 0.1) is 29.1 Å². The van der Waals surface area contributed by atoms with Crippen LogP contribution in [-0.4, -0.2) is 97.4 Å². The number of rotatable bonds is 4. The number of esters is 1. The summed E-state index contributed by atoms with van der Waals surface area (Å²) < 4.78 is 91.1. The van der Waals surface area contributed by atoms with Gasteiger partial charge in [-0.2, -0.15) is 28.7 Å². The van der Waals surface area contributed by atoms with E-state index in [1.54, 1.807) is 5.92 Å². The maximum absolute atomic E-state index is 13.5. The van der Waals surface area contributed by atoms with Crippen molar-refractivity contribution in [2.75, 3.05) is 25.1 Å². The number of nitrogen functional groups attached to an aromatic ring is 2. The number of imidazole rings is 2. The molecule has 0 saturated carbocycles. The molecule has 0 aliphatic carbocycles. The SMILES string of the molecule is [2H]C1([2H])[C@H](n2cnc3c(N)nc(F)nc32)O[C@](C#C)(C(=O)OC)[C@H]1O.[2H]C1([2H])[C@H](n2cnc3c(N)nc(F)nc32)O[C@](C#C)(C([2H])([2H])O)[C@H]1O. The number of aromatic nitrogens is 8. The molecule has 2 saturated heterocycles. The van der Waals surface area contributed by atoms with Gasteiger partial charge in [-0.05, 0) is 0 Å². The van der Waals surface area contributed by atoms with E-state index in [9.17, 15) is 28.9 Å². The van der Waals surface area contributed by atoms with E-state index < -0.39 is 73.3 Å². The number of aliphatic hydroxyl groups is 3. The molecule has 6 heterocycles. The zero-order chi connectivity index (χ0) is 37.4. The highest BCUT2D eigenvalue weighted by atomic mass is 19.1. The summed E-state index contributed by atoms with van der Waals surface area (Å²) in [6.07, 6.45) is -2.80. The number of fused-ring (bicyclic) bond motifs is 2. The molecule has 0 unspecified atom stereocenters.